The van der Waals surface area contributed by atoms with Gasteiger partial charge in [-0.3, -0.25) is 14.9 Å². The number of carbonyl (C=O) groups excluding carboxylic acids is 1. The molecule has 0 aliphatic carbocycles. The Morgan fingerprint density at radius 2 is 2.15 bits per heavy atom. The number of nitrogens with zero attached hydrogens (tertiary/aromatic N) is 2. The summed E-state index contributed by atoms with van der Waals surface area (Å²) < 4.78 is 15.9. The van der Waals surface area contributed by atoms with E-state index < -0.39 is 16.9 Å². The second-order valence-electron chi connectivity index (χ2n) is 5.44. The number of benzene rings is 2. The predicted octanol–water partition coefficient (Wildman–Crippen LogP) is 1.60. The Labute approximate surface area is 153 Å². The van der Waals surface area contributed by atoms with Crippen molar-refractivity contribution in [2.75, 3.05) is 13.7 Å². The van der Waals surface area contributed by atoms with E-state index >= 15 is 0 Å². The van der Waals surface area contributed by atoms with E-state index in [9.17, 15) is 20.0 Å². The number of rotatable bonds is 5. The van der Waals surface area contributed by atoms with Crippen molar-refractivity contribution in [3.05, 3.63) is 52.1 Å². The van der Waals surface area contributed by atoms with E-state index in [1.54, 1.807) is 24.3 Å². The van der Waals surface area contributed by atoms with Crippen LogP contribution in [0.5, 0.6) is 23.0 Å². The highest BCUT2D eigenvalue weighted by Crippen LogP contribution is 2.33. The molecule has 140 valence electrons. The van der Waals surface area contributed by atoms with Crippen LogP contribution in [0.25, 0.3) is 0 Å². The van der Waals surface area contributed by atoms with Crippen LogP contribution in [0.15, 0.2) is 41.5 Å². The van der Waals surface area contributed by atoms with Crippen molar-refractivity contribution in [1.82, 2.24) is 5.43 Å². The molecule has 3 rings (SSSR count). The lowest BCUT2D eigenvalue weighted by molar-refractivity contribution is -0.385. The molecule has 2 aromatic carbocycles. The van der Waals surface area contributed by atoms with Gasteiger partial charge >= 0.3 is 0 Å². The first-order valence-corrected chi connectivity index (χ1v) is 7.76. The maximum absolute atomic E-state index is 12.2. The van der Waals surface area contributed by atoms with Crippen LogP contribution >= 0.6 is 0 Å². The molecule has 1 heterocycles. The SMILES string of the molecule is COc1cc([N+](=O)[O-])cc(/C=N/NC(=O)[C@@H]2COc3ccccc3O2)c1O. The molecule has 2 aromatic rings. The van der Waals surface area contributed by atoms with E-state index in [1.165, 1.54) is 7.11 Å². The normalized spacial score (nSPS) is 15.4. The molecule has 0 spiro atoms. The van der Waals surface area contributed by atoms with E-state index in [0.29, 0.717) is 11.5 Å². The molecule has 1 atom stereocenters. The number of nitro groups is 1. The minimum atomic E-state index is -0.912. The number of phenolic OH excluding ortho intramolecular Hbond substituents is 1. The maximum atomic E-state index is 12.2. The Morgan fingerprint density at radius 3 is 2.85 bits per heavy atom. The van der Waals surface area contributed by atoms with Crippen molar-refractivity contribution in [2.24, 2.45) is 5.10 Å². The molecule has 1 aliphatic rings. The number of hydrazone groups is 1. The number of methoxy groups -OCH3 is 1. The summed E-state index contributed by atoms with van der Waals surface area (Å²) in [6, 6.07) is 9.11. The highest BCUT2D eigenvalue weighted by Gasteiger charge is 2.27. The predicted molar refractivity (Wildman–Crippen MR) is 93.4 cm³/mol. The Bertz CT molecular complexity index is 913. The van der Waals surface area contributed by atoms with Gasteiger partial charge < -0.3 is 19.3 Å². The zero-order chi connectivity index (χ0) is 19.4. The van der Waals surface area contributed by atoms with Gasteiger partial charge in [0, 0.05) is 11.6 Å². The lowest BCUT2D eigenvalue weighted by Gasteiger charge is -2.24. The monoisotopic (exact) mass is 373 g/mol. The Hall–Kier alpha value is -3.82. The van der Waals surface area contributed by atoms with E-state index in [4.69, 9.17) is 14.2 Å². The van der Waals surface area contributed by atoms with Crippen molar-refractivity contribution in [2.45, 2.75) is 6.10 Å². The fourth-order valence-electron chi connectivity index (χ4n) is 2.36. The molecule has 1 aliphatic heterocycles. The number of para-hydroxylation sites is 2. The Kier molecular flexibility index (Phi) is 5.06. The largest absolute Gasteiger partial charge is 0.504 e. The fraction of sp³-hybridized carbons (Fsp3) is 0.176. The first-order chi connectivity index (χ1) is 13.0. The first kappa shape index (κ1) is 18.0. The second-order valence-corrected chi connectivity index (χ2v) is 5.44. The zero-order valence-electron chi connectivity index (χ0n) is 14.1. The number of hydrogen-bond donors (Lipinski definition) is 2. The van der Waals surface area contributed by atoms with E-state index in [0.717, 1.165) is 18.3 Å². The van der Waals surface area contributed by atoms with Crippen molar-refractivity contribution in [3.63, 3.8) is 0 Å². The summed E-state index contributed by atoms with van der Waals surface area (Å²) in [6.07, 6.45) is 0.158. The summed E-state index contributed by atoms with van der Waals surface area (Å²) in [5.74, 6) is -0.0184. The van der Waals surface area contributed by atoms with E-state index in [-0.39, 0.29) is 29.4 Å². The molecule has 0 radical (unpaired) electrons. The van der Waals surface area contributed by atoms with Crippen LogP contribution < -0.4 is 19.6 Å². The average molecular weight is 373 g/mol. The highest BCUT2D eigenvalue weighted by molar-refractivity contribution is 5.88. The van der Waals surface area contributed by atoms with Gasteiger partial charge in [-0.25, -0.2) is 5.43 Å². The molecule has 10 heteroatoms. The number of nitro benzene ring substituents is 1. The van der Waals surface area contributed by atoms with Crippen LogP contribution in [0.3, 0.4) is 0 Å². The van der Waals surface area contributed by atoms with Crippen LogP contribution in [-0.2, 0) is 4.79 Å². The molecule has 0 bridgehead atoms. The topological polar surface area (TPSA) is 133 Å². The van der Waals surface area contributed by atoms with Gasteiger partial charge in [0.1, 0.15) is 6.61 Å². The molecular weight excluding hydrogens is 358 g/mol. The van der Waals surface area contributed by atoms with Gasteiger partial charge in [-0.2, -0.15) is 5.10 Å². The minimum Gasteiger partial charge on any atom is -0.504 e. The molecule has 0 saturated carbocycles. The van der Waals surface area contributed by atoms with Crippen LogP contribution in [0, 0.1) is 10.1 Å². The number of amides is 1. The summed E-state index contributed by atoms with van der Waals surface area (Å²) >= 11 is 0. The molecule has 0 unspecified atom stereocenters. The number of carbonyl (C=O) groups is 1. The summed E-state index contributed by atoms with van der Waals surface area (Å²) in [7, 11) is 1.26. The molecule has 2 N–H and O–H groups in total. The fourth-order valence-corrected chi connectivity index (χ4v) is 2.36. The van der Waals surface area contributed by atoms with Gasteiger partial charge in [0.05, 0.1) is 24.3 Å². The van der Waals surface area contributed by atoms with Crippen LogP contribution in [0.2, 0.25) is 0 Å². The molecule has 1 amide bonds. The number of ether oxygens (including phenoxy) is 3. The summed E-state index contributed by atoms with van der Waals surface area (Å²) in [4.78, 5) is 22.5. The molecular formula is C17H15N3O7. The molecule has 0 saturated heterocycles. The average Bonchev–Trinajstić information content (AvgIpc) is 2.68. The third-order valence-corrected chi connectivity index (χ3v) is 3.70. The molecule has 27 heavy (non-hydrogen) atoms. The third kappa shape index (κ3) is 3.89. The number of hydrogen-bond acceptors (Lipinski definition) is 8. The number of fused-ring (bicyclic) bond motifs is 1. The summed E-state index contributed by atoms with van der Waals surface area (Å²) in [5, 5.41) is 24.7. The van der Waals surface area contributed by atoms with E-state index in [1.807, 2.05) is 0 Å². The smallest absolute Gasteiger partial charge is 0.284 e. The Morgan fingerprint density at radius 1 is 1.41 bits per heavy atom. The number of aromatic hydroxyl groups is 1. The lowest BCUT2D eigenvalue weighted by atomic mass is 10.2. The van der Waals surface area contributed by atoms with E-state index in [2.05, 4.69) is 10.5 Å². The van der Waals surface area contributed by atoms with Crippen molar-refractivity contribution in [1.29, 1.82) is 0 Å². The number of nitrogens with one attached hydrogen (secondary N) is 1. The van der Waals surface area contributed by atoms with Crippen LogP contribution in [0.1, 0.15) is 5.56 Å². The summed E-state index contributed by atoms with van der Waals surface area (Å²) in [5.41, 5.74) is 1.96. The van der Waals surface area contributed by atoms with Crippen LogP contribution in [0.4, 0.5) is 5.69 Å². The summed E-state index contributed by atoms with van der Waals surface area (Å²) in [6.45, 7) is 0.00818. The second kappa shape index (κ2) is 7.60. The van der Waals surface area contributed by atoms with Crippen molar-refractivity contribution in [3.8, 4) is 23.0 Å². The van der Waals surface area contributed by atoms with Gasteiger partial charge in [-0.15, -0.1) is 0 Å². The third-order valence-electron chi connectivity index (χ3n) is 3.70. The standard InChI is InChI=1S/C17H15N3O7/c1-25-14-7-11(20(23)24)6-10(16(14)21)8-18-19-17(22)15-9-26-12-4-2-3-5-13(12)27-15/h2-8,15,21H,9H2,1H3,(H,19,22)/b18-8+/t15-/m0/s1. The maximum Gasteiger partial charge on any atom is 0.284 e. The van der Waals surface area contributed by atoms with Gasteiger partial charge in [0.15, 0.2) is 23.0 Å². The van der Waals surface area contributed by atoms with Crippen molar-refractivity contribution < 1.29 is 29.0 Å². The lowest BCUT2D eigenvalue weighted by Crippen LogP contribution is -2.42. The Balaban J connectivity index is 1.70. The number of non-ortho nitro benzene ring substituents is 1. The first-order valence-electron chi connectivity index (χ1n) is 7.76. The number of phenols is 1. The minimum absolute atomic E-state index is 0.00695. The molecule has 0 aromatic heterocycles. The molecule has 0 fully saturated rings. The van der Waals surface area contributed by atoms with Crippen molar-refractivity contribution >= 4 is 17.8 Å². The molecule has 10 nitrogen and oxygen atoms in total. The zero-order valence-corrected chi connectivity index (χ0v) is 14.1. The van der Waals surface area contributed by atoms with Gasteiger partial charge in [-0.05, 0) is 12.1 Å². The quantitative estimate of drug-likeness (QED) is 0.462. The van der Waals surface area contributed by atoms with Gasteiger partial charge in [-0.1, -0.05) is 12.1 Å². The van der Waals surface area contributed by atoms with Gasteiger partial charge in [0.25, 0.3) is 11.6 Å². The highest BCUT2D eigenvalue weighted by atomic mass is 16.6. The van der Waals surface area contributed by atoms with Gasteiger partial charge in [0.2, 0.25) is 6.10 Å². The van der Waals surface area contributed by atoms with Crippen LogP contribution in [-0.4, -0.2) is 42.0 Å².